The Morgan fingerprint density at radius 1 is 1.40 bits per heavy atom. The number of pyridine rings is 1. The van der Waals surface area contributed by atoms with Crippen LogP contribution in [0.5, 0.6) is 5.75 Å². The van der Waals surface area contributed by atoms with Gasteiger partial charge in [-0.15, -0.1) is 0 Å². The molecule has 2 aromatic rings. The van der Waals surface area contributed by atoms with Gasteiger partial charge >= 0.3 is 5.97 Å². The second-order valence-electron chi connectivity index (χ2n) is 4.09. The first-order valence-electron chi connectivity index (χ1n) is 5.96. The van der Waals surface area contributed by atoms with Crippen LogP contribution in [0, 0.1) is 10.1 Å². The number of aromatic nitrogens is 1. The number of nitro benzene ring substituents is 1. The van der Waals surface area contributed by atoms with Crippen molar-refractivity contribution >= 4 is 22.6 Å². The van der Waals surface area contributed by atoms with Crippen molar-refractivity contribution in [2.75, 3.05) is 6.61 Å². The number of fused-ring (bicyclic) bond motifs is 1. The van der Waals surface area contributed by atoms with E-state index >= 15 is 0 Å². The summed E-state index contributed by atoms with van der Waals surface area (Å²) in [6, 6.07) is 6.05. The van der Waals surface area contributed by atoms with Crippen molar-refractivity contribution in [3.63, 3.8) is 0 Å². The summed E-state index contributed by atoms with van der Waals surface area (Å²) in [5.74, 6) is -0.475. The Balaban J connectivity index is 2.24. The lowest BCUT2D eigenvalue weighted by Crippen LogP contribution is -2.03. The fourth-order valence-corrected chi connectivity index (χ4v) is 1.81. The molecule has 0 bridgehead atoms. The summed E-state index contributed by atoms with van der Waals surface area (Å²) in [6.45, 7) is 0.218. The molecule has 1 aromatic heterocycles. The van der Waals surface area contributed by atoms with Crippen LogP contribution in [0.2, 0.25) is 0 Å². The van der Waals surface area contributed by atoms with Crippen molar-refractivity contribution in [1.29, 1.82) is 0 Å². The van der Waals surface area contributed by atoms with Crippen LogP contribution in [0.3, 0.4) is 0 Å². The van der Waals surface area contributed by atoms with E-state index in [0.717, 1.165) is 0 Å². The number of carboxylic acid groups (broad SMARTS) is 1. The molecule has 0 spiro atoms. The van der Waals surface area contributed by atoms with E-state index in [1.807, 2.05) is 0 Å². The number of ether oxygens (including phenoxy) is 1. The average Bonchev–Trinajstić information content (AvgIpc) is 2.43. The smallest absolute Gasteiger partial charge is 0.303 e. The molecule has 0 radical (unpaired) electrons. The van der Waals surface area contributed by atoms with Gasteiger partial charge in [-0.1, -0.05) is 0 Å². The maximum atomic E-state index is 10.9. The van der Waals surface area contributed by atoms with E-state index in [4.69, 9.17) is 9.84 Å². The minimum atomic E-state index is -0.889. The molecule has 0 fully saturated rings. The predicted molar refractivity (Wildman–Crippen MR) is 70.8 cm³/mol. The molecule has 0 aliphatic carbocycles. The van der Waals surface area contributed by atoms with E-state index in [1.54, 1.807) is 12.1 Å². The monoisotopic (exact) mass is 276 g/mol. The fourth-order valence-electron chi connectivity index (χ4n) is 1.81. The molecule has 104 valence electrons. The first-order valence-corrected chi connectivity index (χ1v) is 5.96. The van der Waals surface area contributed by atoms with Gasteiger partial charge in [-0.25, -0.2) is 0 Å². The van der Waals surface area contributed by atoms with Crippen molar-refractivity contribution < 1.29 is 19.6 Å². The van der Waals surface area contributed by atoms with Crippen LogP contribution >= 0.6 is 0 Å². The zero-order chi connectivity index (χ0) is 14.5. The Bertz CT molecular complexity index is 656. The lowest BCUT2D eigenvalue weighted by atomic mass is 10.1. The van der Waals surface area contributed by atoms with E-state index < -0.39 is 10.9 Å². The van der Waals surface area contributed by atoms with Gasteiger partial charge < -0.3 is 9.84 Å². The van der Waals surface area contributed by atoms with E-state index in [-0.39, 0.29) is 18.7 Å². The third-order valence-corrected chi connectivity index (χ3v) is 2.70. The maximum Gasteiger partial charge on any atom is 0.303 e. The molecule has 0 saturated heterocycles. The molecule has 1 heterocycles. The van der Waals surface area contributed by atoms with Crippen molar-refractivity contribution in [2.45, 2.75) is 12.8 Å². The molecule has 7 heteroatoms. The normalized spacial score (nSPS) is 10.4. The zero-order valence-electron chi connectivity index (χ0n) is 10.5. The minimum Gasteiger partial charge on any atom is -0.491 e. The van der Waals surface area contributed by atoms with Gasteiger partial charge in [0.25, 0.3) is 5.69 Å². The first-order chi connectivity index (χ1) is 9.59. The molecule has 0 amide bonds. The van der Waals surface area contributed by atoms with E-state index in [1.165, 1.54) is 18.3 Å². The number of carboxylic acids is 1. The summed E-state index contributed by atoms with van der Waals surface area (Å²) in [4.78, 5) is 25.0. The Morgan fingerprint density at radius 2 is 2.20 bits per heavy atom. The molecule has 1 aromatic carbocycles. The lowest BCUT2D eigenvalue weighted by molar-refractivity contribution is -0.383. The second-order valence-corrected chi connectivity index (χ2v) is 4.09. The van der Waals surface area contributed by atoms with Gasteiger partial charge in [0, 0.05) is 18.7 Å². The van der Waals surface area contributed by atoms with Crippen LogP contribution in [0.15, 0.2) is 30.5 Å². The van der Waals surface area contributed by atoms with Gasteiger partial charge in [0.1, 0.15) is 11.3 Å². The highest BCUT2D eigenvalue weighted by atomic mass is 16.6. The topological polar surface area (TPSA) is 103 Å². The molecule has 1 N–H and O–H groups in total. The average molecular weight is 276 g/mol. The van der Waals surface area contributed by atoms with E-state index in [2.05, 4.69) is 4.98 Å². The molecule has 0 saturated carbocycles. The van der Waals surface area contributed by atoms with Crippen molar-refractivity contribution in [1.82, 2.24) is 4.98 Å². The number of nitro groups is 1. The SMILES string of the molecule is O=C(O)CCCOc1ccc([N+](=O)[O-])c2cccnc12. The van der Waals surface area contributed by atoms with Crippen molar-refractivity contribution in [3.8, 4) is 5.75 Å². The number of carbonyl (C=O) groups is 1. The third kappa shape index (κ3) is 3.00. The summed E-state index contributed by atoms with van der Waals surface area (Å²) in [5.41, 5.74) is 0.364. The predicted octanol–water partition coefficient (Wildman–Crippen LogP) is 2.39. The van der Waals surface area contributed by atoms with Crippen LogP contribution in [0.25, 0.3) is 10.9 Å². The largest absolute Gasteiger partial charge is 0.491 e. The van der Waals surface area contributed by atoms with Crippen LogP contribution in [-0.2, 0) is 4.79 Å². The van der Waals surface area contributed by atoms with E-state index in [9.17, 15) is 14.9 Å². The van der Waals surface area contributed by atoms with Crippen LogP contribution in [-0.4, -0.2) is 27.6 Å². The summed E-state index contributed by atoms with van der Waals surface area (Å²) in [5, 5.41) is 19.9. The van der Waals surface area contributed by atoms with Crippen LogP contribution < -0.4 is 4.74 Å². The molecular weight excluding hydrogens is 264 g/mol. The van der Waals surface area contributed by atoms with Gasteiger partial charge in [0.15, 0.2) is 0 Å². The van der Waals surface area contributed by atoms with Gasteiger partial charge in [-0.2, -0.15) is 0 Å². The van der Waals surface area contributed by atoms with Crippen LogP contribution in [0.1, 0.15) is 12.8 Å². The van der Waals surface area contributed by atoms with Gasteiger partial charge in [-0.05, 0) is 24.6 Å². The highest BCUT2D eigenvalue weighted by Gasteiger charge is 2.15. The molecular formula is C13H12N2O5. The maximum absolute atomic E-state index is 10.9. The number of hydrogen-bond donors (Lipinski definition) is 1. The van der Waals surface area contributed by atoms with Gasteiger partial charge in [-0.3, -0.25) is 19.9 Å². The lowest BCUT2D eigenvalue weighted by Gasteiger charge is -2.08. The molecule has 0 unspecified atom stereocenters. The summed E-state index contributed by atoms with van der Waals surface area (Å²) < 4.78 is 5.46. The van der Waals surface area contributed by atoms with Crippen molar-refractivity contribution in [3.05, 3.63) is 40.6 Å². The van der Waals surface area contributed by atoms with E-state index in [0.29, 0.717) is 23.1 Å². The molecule has 0 aliphatic heterocycles. The van der Waals surface area contributed by atoms with Gasteiger partial charge in [0.05, 0.1) is 16.9 Å². The zero-order valence-corrected chi connectivity index (χ0v) is 10.5. The Kier molecular flexibility index (Phi) is 4.09. The van der Waals surface area contributed by atoms with Crippen molar-refractivity contribution in [2.24, 2.45) is 0 Å². The summed E-state index contributed by atoms with van der Waals surface area (Å²) in [6.07, 6.45) is 1.90. The number of hydrogen-bond acceptors (Lipinski definition) is 5. The standard InChI is InChI=1S/C13H12N2O5/c16-12(17)4-2-8-20-11-6-5-10(15(18)19)9-3-1-7-14-13(9)11/h1,3,5-7H,2,4,8H2,(H,16,17). The quantitative estimate of drug-likeness (QED) is 0.493. The number of aliphatic carboxylic acids is 1. The first kappa shape index (κ1) is 13.7. The summed E-state index contributed by atoms with van der Waals surface area (Å²) >= 11 is 0. The number of nitrogens with zero attached hydrogens (tertiary/aromatic N) is 2. The molecule has 20 heavy (non-hydrogen) atoms. The number of non-ortho nitro benzene ring substituents is 1. The Morgan fingerprint density at radius 3 is 2.90 bits per heavy atom. The number of benzene rings is 1. The molecule has 2 rings (SSSR count). The number of rotatable bonds is 6. The highest BCUT2D eigenvalue weighted by Crippen LogP contribution is 2.31. The third-order valence-electron chi connectivity index (χ3n) is 2.70. The second kappa shape index (κ2) is 5.96. The molecule has 0 atom stereocenters. The molecule has 0 aliphatic rings. The fraction of sp³-hybridized carbons (Fsp3) is 0.231. The molecule has 7 nitrogen and oxygen atoms in total. The Hall–Kier alpha value is -2.70. The van der Waals surface area contributed by atoms with Gasteiger partial charge in [0.2, 0.25) is 0 Å². The van der Waals surface area contributed by atoms with Crippen LogP contribution in [0.4, 0.5) is 5.69 Å². The highest BCUT2D eigenvalue weighted by molar-refractivity contribution is 5.92. The Labute approximate surface area is 114 Å². The minimum absolute atomic E-state index is 0.0122. The summed E-state index contributed by atoms with van der Waals surface area (Å²) in [7, 11) is 0.